The molecular formula is C12H13NO4. The number of aliphatic hydroxyl groups excluding tert-OH is 2. The normalized spacial score (nSPS) is 11.8. The molecule has 5 heteroatoms. The first kappa shape index (κ1) is 13.2. The summed E-state index contributed by atoms with van der Waals surface area (Å²) in [5.74, 6) is -1.35. The van der Waals surface area contributed by atoms with Gasteiger partial charge in [0.15, 0.2) is 6.10 Å². The molecule has 0 saturated heterocycles. The molecule has 1 atom stereocenters. The van der Waals surface area contributed by atoms with Crippen LogP contribution in [0.1, 0.15) is 29.2 Å². The number of carboxylic acids is 1. The summed E-state index contributed by atoms with van der Waals surface area (Å²) in [4.78, 5) is 10.7. The van der Waals surface area contributed by atoms with Gasteiger partial charge in [-0.25, -0.2) is 4.79 Å². The third-order valence-electron chi connectivity index (χ3n) is 2.49. The van der Waals surface area contributed by atoms with Crippen molar-refractivity contribution in [1.29, 1.82) is 5.26 Å². The van der Waals surface area contributed by atoms with E-state index in [2.05, 4.69) is 0 Å². The summed E-state index contributed by atoms with van der Waals surface area (Å²) in [7, 11) is 0. The van der Waals surface area contributed by atoms with Gasteiger partial charge in [-0.15, -0.1) is 0 Å². The standard InChI is InChI=1S/C12H13NO4/c13-6-2-5-9-8(7-14)3-1-4-10(9)11(15)12(16)17/h1,3-4,11,14-15H,2,5,7H2,(H,16,17). The lowest BCUT2D eigenvalue weighted by molar-refractivity contribution is -0.147. The molecule has 0 aliphatic rings. The van der Waals surface area contributed by atoms with E-state index in [1.807, 2.05) is 6.07 Å². The molecule has 0 fully saturated rings. The zero-order valence-corrected chi connectivity index (χ0v) is 9.13. The van der Waals surface area contributed by atoms with Crippen molar-refractivity contribution < 1.29 is 20.1 Å². The van der Waals surface area contributed by atoms with Gasteiger partial charge in [0.1, 0.15) is 0 Å². The molecule has 0 spiro atoms. The average Bonchev–Trinajstić information content (AvgIpc) is 2.34. The van der Waals surface area contributed by atoms with Crippen LogP contribution in [0, 0.1) is 11.3 Å². The maximum atomic E-state index is 10.7. The minimum Gasteiger partial charge on any atom is -0.479 e. The second-order valence-corrected chi connectivity index (χ2v) is 3.54. The maximum Gasteiger partial charge on any atom is 0.337 e. The van der Waals surface area contributed by atoms with E-state index in [0.717, 1.165) is 0 Å². The molecule has 1 aromatic carbocycles. The van der Waals surface area contributed by atoms with Gasteiger partial charge >= 0.3 is 5.97 Å². The maximum absolute atomic E-state index is 10.7. The van der Waals surface area contributed by atoms with Crippen LogP contribution in [0.5, 0.6) is 0 Å². The van der Waals surface area contributed by atoms with Crippen molar-refractivity contribution in [2.24, 2.45) is 0 Å². The molecule has 1 aromatic rings. The summed E-state index contributed by atoms with van der Waals surface area (Å²) in [5.41, 5.74) is 1.31. The van der Waals surface area contributed by atoms with E-state index in [4.69, 9.17) is 15.5 Å². The van der Waals surface area contributed by atoms with Gasteiger partial charge in [-0.1, -0.05) is 18.2 Å². The number of carbonyl (C=O) groups is 1. The number of nitriles is 1. The summed E-state index contributed by atoms with van der Waals surface area (Å²) in [6, 6.07) is 6.66. The summed E-state index contributed by atoms with van der Waals surface area (Å²) in [6.07, 6.45) is -1.11. The first-order chi connectivity index (χ1) is 8.11. The highest BCUT2D eigenvalue weighted by atomic mass is 16.4. The second kappa shape index (κ2) is 5.99. The Kier molecular flexibility index (Phi) is 4.64. The Hall–Kier alpha value is -1.90. The lowest BCUT2D eigenvalue weighted by Gasteiger charge is -2.14. The molecule has 1 unspecified atom stereocenters. The quantitative estimate of drug-likeness (QED) is 0.699. The Morgan fingerprint density at radius 1 is 1.47 bits per heavy atom. The molecule has 5 nitrogen and oxygen atoms in total. The van der Waals surface area contributed by atoms with E-state index in [1.54, 1.807) is 12.1 Å². The number of rotatable bonds is 5. The molecule has 0 radical (unpaired) electrons. The van der Waals surface area contributed by atoms with Crippen LogP contribution in [0.25, 0.3) is 0 Å². The molecule has 0 heterocycles. The number of benzene rings is 1. The SMILES string of the molecule is N#CCCc1c(CO)cccc1C(O)C(=O)O. The Morgan fingerprint density at radius 3 is 2.71 bits per heavy atom. The summed E-state index contributed by atoms with van der Waals surface area (Å²) in [5, 5.41) is 36.0. The van der Waals surface area contributed by atoms with Gasteiger partial charge in [0.2, 0.25) is 0 Å². The molecule has 17 heavy (non-hydrogen) atoms. The van der Waals surface area contributed by atoms with Crippen molar-refractivity contribution in [3.8, 4) is 6.07 Å². The van der Waals surface area contributed by atoms with Gasteiger partial charge in [0, 0.05) is 6.42 Å². The molecule has 0 aliphatic carbocycles. The van der Waals surface area contributed by atoms with Crippen LogP contribution in [0.15, 0.2) is 18.2 Å². The monoisotopic (exact) mass is 235 g/mol. The van der Waals surface area contributed by atoms with E-state index in [9.17, 15) is 9.90 Å². The molecule has 3 N–H and O–H groups in total. The number of carboxylic acid groups (broad SMARTS) is 1. The number of hydrogen-bond donors (Lipinski definition) is 3. The van der Waals surface area contributed by atoms with Crippen LogP contribution < -0.4 is 0 Å². The van der Waals surface area contributed by atoms with Crippen LogP contribution in [0.3, 0.4) is 0 Å². The zero-order valence-electron chi connectivity index (χ0n) is 9.13. The Morgan fingerprint density at radius 2 is 2.18 bits per heavy atom. The van der Waals surface area contributed by atoms with Gasteiger partial charge in [-0.2, -0.15) is 5.26 Å². The lowest BCUT2D eigenvalue weighted by atomic mass is 9.94. The first-order valence-corrected chi connectivity index (χ1v) is 5.11. The number of hydrogen-bond acceptors (Lipinski definition) is 4. The average molecular weight is 235 g/mol. The Labute approximate surface area is 98.6 Å². The minimum absolute atomic E-state index is 0.205. The highest BCUT2D eigenvalue weighted by Crippen LogP contribution is 2.23. The van der Waals surface area contributed by atoms with Crippen molar-refractivity contribution in [3.05, 3.63) is 34.9 Å². The van der Waals surface area contributed by atoms with Crippen LogP contribution >= 0.6 is 0 Å². The van der Waals surface area contributed by atoms with E-state index in [-0.39, 0.29) is 18.6 Å². The van der Waals surface area contributed by atoms with Crippen molar-refractivity contribution in [2.75, 3.05) is 0 Å². The van der Waals surface area contributed by atoms with Gasteiger partial charge in [-0.05, 0) is 23.1 Å². The Balaban J connectivity index is 3.19. The third-order valence-corrected chi connectivity index (χ3v) is 2.49. The highest BCUT2D eigenvalue weighted by Gasteiger charge is 2.20. The molecule has 0 aliphatic heterocycles. The molecule has 90 valence electrons. The van der Waals surface area contributed by atoms with Crippen molar-refractivity contribution in [3.63, 3.8) is 0 Å². The summed E-state index contributed by atoms with van der Waals surface area (Å²) >= 11 is 0. The number of nitrogens with zero attached hydrogens (tertiary/aromatic N) is 1. The molecule has 0 saturated carbocycles. The fraction of sp³-hybridized carbons (Fsp3) is 0.333. The van der Waals surface area contributed by atoms with Crippen LogP contribution in [0.4, 0.5) is 0 Å². The van der Waals surface area contributed by atoms with Gasteiger partial charge in [0.05, 0.1) is 12.7 Å². The van der Waals surface area contributed by atoms with E-state index < -0.39 is 12.1 Å². The second-order valence-electron chi connectivity index (χ2n) is 3.54. The Bertz CT molecular complexity index is 450. The van der Waals surface area contributed by atoms with E-state index in [1.165, 1.54) is 6.07 Å². The lowest BCUT2D eigenvalue weighted by Crippen LogP contribution is -2.14. The fourth-order valence-electron chi connectivity index (χ4n) is 1.68. The van der Waals surface area contributed by atoms with E-state index in [0.29, 0.717) is 17.5 Å². The third kappa shape index (κ3) is 3.03. The minimum atomic E-state index is -1.63. The molecule has 0 bridgehead atoms. The topological polar surface area (TPSA) is 102 Å². The van der Waals surface area contributed by atoms with E-state index >= 15 is 0 Å². The zero-order chi connectivity index (χ0) is 12.8. The van der Waals surface area contributed by atoms with Crippen molar-refractivity contribution in [1.82, 2.24) is 0 Å². The number of aliphatic carboxylic acids is 1. The molecule has 0 aromatic heterocycles. The molecule has 0 amide bonds. The fourth-order valence-corrected chi connectivity index (χ4v) is 1.68. The van der Waals surface area contributed by atoms with Crippen molar-refractivity contribution in [2.45, 2.75) is 25.6 Å². The van der Waals surface area contributed by atoms with Crippen molar-refractivity contribution >= 4 is 5.97 Å². The van der Waals surface area contributed by atoms with Crippen LogP contribution in [-0.4, -0.2) is 21.3 Å². The molecule has 1 rings (SSSR count). The summed E-state index contributed by atoms with van der Waals surface area (Å²) < 4.78 is 0. The van der Waals surface area contributed by atoms with Crippen LogP contribution in [0.2, 0.25) is 0 Å². The smallest absolute Gasteiger partial charge is 0.337 e. The predicted octanol–water partition coefficient (Wildman–Crippen LogP) is 0.753. The van der Waals surface area contributed by atoms with Crippen LogP contribution in [-0.2, 0) is 17.8 Å². The molecular weight excluding hydrogens is 222 g/mol. The van der Waals surface area contributed by atoms with Gasteiger partial charge < -0.3 is 15.3 Å². The first-order valence-electron chi connectivity index (χ1n) is 5.11. The number of aliphatic hydroxyl groups is 2. The predicted molar refractivity (Wildman–Crippen MR) is 58.9 cm³/mol. The highest BCUT2D eigenvalue weighted by molar-refractivity contribution is 5.74. The summed E-state index contributed by atoms with van der Waals surface area (Å²) in [6.45, 7) is -0.249. The van der Waals surface area contributed by atoms with Gasteiger partial charge in [0.25, 0.3) is 0 Å². The largest absolute Gasteiger partial charge is 0.479 e. The van der Waals surface area contributed by atoms with Gasteiger partial charge in [-0.3, -0.25) is 0 Å².